The summed E-state index contributed by atoms with van der Waals surface area (Å²) in [6.45, 7) is 0. The average molecular weight is 1650 g/mol. The predicted molar refractivity (Wildman–Crippen MR) is 405 cm³/mol. The van der Waals surface area contributed by atoms with Gasteiger partial charge in [-0.05, 0) is 204 Å². The van der Waals surface area contributed by atoms with Gasteiger partial charge in [0.1, 0.15) is 6.04 Å². The number of benzene rings is 8. The maximum absolute atomic E-state index is 12.7. The van der Waals surface area contributed by atoms with E-state index in [2.05, 4.69) is 66.9 Å². The maximum atomic E-state index is 12.7. The molecule has 16 rings (SSSR count). The number of Topliss-reactive ketones (excluding diaryl/α,β-unsaturated/α-hetero) is 2. The topological polar surface area (TPSA) is 260 Å². The number of nitrogens with one attached hydrogen (secondary N) is 1. The summed E-state index contributed by atoms with van der Waals surface area (Å²) in [5.74, 6) is 2.09. The minimum Gasteiger partial charge on any atom is -0.391 e. The standard InChI is InChI=1S/2C20H19F3N4O.C20H17F3N4O.C15H11F3N4.C5H7ClO.CH3FS/c3*21-20(22,23)15-10-8-13(9-11-15)12-14-4-1-2-5-16(14)19-24-26-27(25-19)17-6-3-7-18(17)28;16-15(17,18)12-7-5-10(6-8-12)9-11-3-1-2-4-13(11)14-19-21-22-20-14;6-4-2-1-3-5(4)7;1-3-2/h2*1-2,4-5,8-11,17-18,28H,3,6-7,12H2;1-2,4-5,8-11,17H,3,6-7,12H2;1-8H,9H2,(H,19,20,21,22);4H,1-3H2;1H3/t17-,18+;;;;;/m0...../s1. The van der Waals surface area contributed by atoms with Crippen molar-refractivity contribution >= 4 is 35.3 Å². The molecule has 608 valence electrons. The molecule has 4 unspecified atom stereocenters. The van der Waals surface area contributed by atoms with E-state index in [1.807, 2.05) is 97.1 Å². The summed E-state index contributed by atoms with van der Waals surface area (Å²) >= 11 is 5.76. The summed E-state index contributed by atoms with van der Waals surface area (Å²) in [6, 6.07) is 49.7. The summed E-state index contributed by atoms with van der Waals surface area (Å²) in [5.41, 5.74) is 7.11. The zero-order valence-corrected chi connectivity index (χ0v) is 63.4. The Morgan fingerprint density at radius 2 is 0.698 bits per heavy atom. The molecule has 12 aromatic rings. The minimum atomic E-state index is -4.35. The number of halogens is 14. The zero-order valence-electron chi connectivity index (χ0n) is 61.9. The van der Waals surface area contributed by atoms with Crippen LogP contribution in [0.1, 0.15) is 162 Å². The number of carbonyl (C=O) groups excluding carboxylic acids is 2. The van der Waals surface area contributed by atoms with Crippen LogP contribution >= 0.6 is 23.7 Å². The van der Waals surface area contributed by atoms with Crippen LogP contribution in [0.15, 0.2) is 194 Å². The van der Waals surface area contributed by atoms with Gasteiger partial charge in [0, 0.05) is 53.5 Å². The highest BCUT2D eigenvalue weighted by atomic mass is 35.5. The molecule has 4 aliphatic carbocycles. The maximum Gasteiger partial charge on any atom is 0.416 e. The van der Waals surface area contributed by atoms with E-state index in [-0.39, 0.29) is 47.2 Å². The van der Waals surface area contributed by atoms with Crippen molar-refractivity contribution in [2.75, 3.05) is 6.26 Å². The third-order valence-electron chi connectivity index (χ3n) is 19.6. The molecule has 116 heavy (non-hydrogen) atoms. The molecule has 0 radical (unpaired) electrons. The van der Waals surface area contributed by atoms with Gasteiger partial charge in [-0.1, -0.05) is 146 Å². The molecule has 4 saturated carbocycles. The molecular weight excluding hydrogens is 1580 g/mol. The molecule has 0 saturated heterocycles. The molecule has 20 nitrogen and oxygen atoms in total. The first-order valence-electron chi connectivity index (χ1n) is 36.8. The number of tetrazole rings is 4. The first-order valence-corrected chi connectivity index (χ1v) is 38.4. The summed E-state index contributed by atoms with van der Waals surface area (Å²) < 4.78 is 163. The van der Waals surface area contributed by atoms with Gasteiger partial charge in [-0.3, -0.25) is 9.59 Å². The van der Waals surface area contributed by atoms with Crippen LogP contribution < -0.4 is 0 Å². The lowest BCUT2D eigenvalue weighted by atomic mass is 9.98. The van der Waals surface area contributed by atoms with Crippen LogP contribution in [0.25, 0.3) is 45.6 Å². The fourth-order valence-corrected chi connectivity index (χ4v) is 13.8. The van der Waals surface area contributed by atoms with Gasteiger partial charge >= 0.3 is 24.7 Å². The number of alkyl halides is 13. The van der Waals surface area contributed by atoms with Crippen LogP contribution in [0.5, 0.6) is 0 Å². The highest BCUT2D eigenvalue weighted by Gasteiger charge is 2.36. The quantitative estimate of drug-likeness (QED) is 0.0636. The van der Waals surface area contributed by atoms with Gasteiger partial charge in [0.2, 0.25) is 23.3 Å². The number of rotatable bonds is 15. The van der Waals surface area contributed by atoms with Crippen LogP contribution in [0, 0.1) is 0 Å². The second-order valence-electron chi connectivity index (χ2n) is 27.6. The van der Waals surface area contributed by atoms with Gasteiger partial charge in [0.15, 0.2) is 11.6 Å². The van der Waals surface area contributed by atoms with Crippen LogP contribution in [0.4, 0.5) is 56.6 Å². The van der Waals surface area contributed by atoms with Crippen molar-refractivity contribution in [3.05, 3.63) is 261 Å². The van der Waals surface area contributed by atoms with Crippen molar-refractivity contribution in [1.82, 2.24) is 81.2 Å². The lowest BCUT2D eigenvalue weighted by molar-refractivity contribution is -0.138. The normalized spacial score (nSPS) is 18.0. The van der Waals surface area contributed by atoms with Crippen LogP contribution in [0.3, 0.4) is 0 Å². The molecule has 4 aliphatic rings. The Kier molecular flexibility index (Phi) is 29.0. The number of aromatic nitrogens is 16. The van der Waals surface area contributed by atoms with E-state index in [9.17, 15) is 76.4 Å². The van der Waals surface area contributed by atoms with Crippen LogP contribution in [-0.4, -0.2) is 127 Å². The first kappa shape index (κ1) is 85.9. The number of aliphatic hydroxyl groups excluding tert-OH is 2. The van der Waals surface area contributed by atoms with Gasteiger partial charge in [-0.15, -0.1) is 52.4 Å². The van der Waals surface area contributed by atoms with Crippen molar-refractivity contribution in [1.29, 1.82) is 0 Å². The van der Waals surface area contributed by atoms with Crippen LogP contribution in [0.2, 0.25) is 0 Å². The van der Waals surface area contributed by atoms with Crippen LogP contribution in [-0.2, 0) is 60.0 Å². The summed E-state index contributed by atoms with van der Waals surface area (Å²) in [7, 11) is 0. The SMILES string of the molecule is CSF.FC(F)(F)c1ccc(Cc2ccccc2-c2nn[nH]n2)cc1.O=C1CCCC1Cl.O=C1CCCC1n1nnc(-c2ccccc2Cc2ccc(C(F)(F)F)cc2)n1.OC1CCCC1n1nnc(-c2ccccc2Cc2ccc(C(F)(F)F)cc2)n1.O[C@@H]1CCC[C@@H]1n1nnc(-c2ccccc2Cc2ccc(C(F)(F)F)cc2)n1. The fourth-order valence-electron chi connectivity index (χ4n) is 13.6. The monoisotopic (exact) mass is 1650 g/mol. The molecule has 4 fully saturated rings. The second-order valence-corrected chi connectivity index (χ2v) is 28.5. The minimum absolute atomic E-state index is 0.113. The molecule has 0 spiro atoms. The smallest absolute Gasteiger partial charge is 0.391 e. The fraction of sp³-hybridized carbons (Fsp3) is 0.333. The molecule has 4 heterocycles. The summed E-state index contributed by atoms with van der Waals surface area (Å²) in [6.07, 6.45) is -5.51. The molecule has 0 bridgehead atoms. The average Bonchev–Trinajstić information content (AvgIpc) is 1.72. The number of aliphatic hydroxyl groups is 2. The van der Waals surface area contributed by atoms with E-state index in [4.69, 9.17) is 11.6 Å². The summed E-state index contributed by atoms with van der Waals surface area (Å²) in [5, 5.41) is 71.6. The van der Waals surface area contributed by atoms with Gasteiger partial charge < -0.3 is 10.2 Å². The molecule has 0 aliphatic heterocycles. The number of carbonyl (C=O) groups is 2. The molecule has 0 amide bonds. The number of nitrogens with zero attached hydrogens (tertiary/aromatic N) is 15. The Bertz CT molecular complexity index is 4990. The number of hydrogen-bond acceptors (Lipinski definition) is 17. The summed E-state index contributed by atoms with van der Waals surface area (Å²) in [4.78, 5) is 26.7. The lowest BCUT2D eigenvalue weighted by Crippen LogP contribution is -2.20. The number of aromatic amines is 1. The Morgan fingerprint density at radius 1 is 0.397 bits per heavy atom. The van der Waals surface area contributed by atoms with E-state index in [1.54, 1.807) is 0 Å². The lowest BCUT2D eigenvalue weighted by Gasteiger charge is -2.12. The van der Waals surface area contributed by atoms with Crippen molar-refractivity contribution in [3.63, 3.8) is 0 Å². The van der Waals surface area contributed by atoms with E-state index in [0.717, 1.165) is 173 Å². The second kappa shape index (κ2) is 39.1. The van der Waals surface area contributed by atoms with Gasteiger partial charge in [0.05, 0.1) is 51.9 Å². The van der Waals surface area contributed by atoms with Gasteiger partial charge in [-0.25, -0.2) is 0 Å². The third-order valence-corrected chi connectivity index (χ3v) is 20.1. The van der Waals surface area contributed by atoms with Gasteiger partial charge in [0.25, 0.3) is 0 Å². The molecule has 3 N–H and O–H groups in total. The third kappa shape index (κ3) is 23.2. The highest BCUT2D eigenvalue weighted by molar-refractivity contribution is 7.93. The first-order chi connectivity index (χ1) is 55.5. The number of H-pyrrole nitrogens is 1. The Hall–Kier alpha value is -11.0. The Morgan fingerprint density at radius 3 is 0.957 bits per heavy atom. The number of hydrogen-bond donors (Lipinski definition) is 3. The molecule has 6 atom stereocenters. The van der Waals surface area contributed by atoms with Crippen molar-refractivity contribution in [2.45, 2.75) is 163 Å². The highest BCUT2D eigenvalue weighted by Crippen LogP contribution is 2.37. The molecule has 4 aromatic heterocycles. The van der Waals surface area contributed by atoms with Crippen molar-refractivity contribution < 1.29 is 76.4 Å². The Balaban J connectivity index is 0.000000146. The predicted octanol–water partition coefficient (Wildman–Crippen LogP) is 18.4. The molecular formula is C81H76ClF13N16O4S. The van der Waals surface area contributed by atoms with E-state index in [1.165, 1.54) is 69.2 Å². The van der Waals surface area contributed by atoms with Gasteiger partial charge in [-0.2, -0.15) is 76.2 Å². The zero-order chi connectivity index (χ0) is 82.7. The molecule has 8 aromatic carbocycles. The molecule has 35 heteroatoms. The van der Waals surface area contributed by atoms with Crippen molar-refractivity contribution in [3.8, 4) is 45.6 Å². The van der Waals surface area contributed by atoms with E-state index < -0.39 is 59.2 Å². The van der Waals surface area contributed by atoms with E-state index in [0.29, 0.717) is 68.2 Å². The number of ketones is 2. The van der Waals surface area contributed by atoms with Crippen molar-refractivity contribution in [2.24, 2.45) is 0 Å². The largest absolute Gasteiger partial charge is 0.416 e. The Labute approximate surface area is 665 Å². The van der Waals surface area contributed by atoms with E-state index >= 15 is 0 Å².